The van der Waals surface area contributed by atoms with Gasteiger partial charge < -0.3 is 9.88 Å². The van der Waals surface area contributed by atoms with Crippen molar-refractivity contribution >= 4 is 11.8 Å². The van der Waals surface area contributed by atoms with Crippen molar-refractivity contribution in [2.24, 2.45) is 0 Å². The van der Waals surface area contributed by atoms with Gasteiger partial charge in [-0.15, -0.1) is 0 Å². The molecule has 18 heavy (non-hydrogen) atoms. The van der Waals surface area contributed by atoms with E-state index in [1.807, 2.05) is 18.0 Å². The van der Waals surface area contributed by atoms with Gasteiger partial charge in [-0.05, 0) is 38.4 Å². The van der Waals surface area contributed by atoms with Crippen molar-refractivity contribution in [3.63, 3.8) is 0 Å². The van der Waals surface area contributed by atoms with Crippen LogP contribution in [0.2, 0.25) is 0 Å². The predicted octanol–water partition coefficient (Wildman–Crippen LogP) is 3.06. The van der Waals surface area contributed by atoms with Crippen LogP contribution in [0.4, 0.5) is 0 Å². The molecule has 0 radical (unpaired) electrons. The molecule has 0 bridgehead atoms. The lowest BCUT2D eigenvalue weighted by Crippen LogP contribution is -2.34. The monoisotopic (exact) mass is 267 g/mol. The number of nitrogens with one attached hydrogen (secondary N) is 1. The first kappa shape index (κ1) is 13.9. The third-order valence-corrected chi connectivity index (χ3v) is 4.96. The minimum Gasteiger partial charge on any atom is -0.334 e. The first-order valence-electron chi connectivity index (χ1n) is 7.09. The Hall–Kier alpha value is -0.480. The van der Waals surface area contributed by atoms with Crippen molar-refractivity contribution < 1.29 is 0 Å². The Labute approximate surface area is 115 Å². The summed E-state index contributed by atoms with van der Waals surface area (Å²) in [5.41, 5.74) is 0. The molecule has 0 unspecified atom stereocenters. The fourth-order valence-electron chi connectivity index (χ4n) is 2.69. The number of rotatable bonds is 6. The van der Waals surface area contributed by atoms with Gasteiger partial charge >= 0.3 is 0 Å². The Balaban J connectivity index is 1.76. The number of thioether (sulfide) groups is 1. The predicted molar refractivity (Wildman–Crippen MR) is 78.9 cm³/mol. The van der Waals surface area contributed by atoms with E-state index in [-0.39, 0.29) is 0 Å². The smallest absolute Gasteiger partial charge is 0.122 e. The maximum Gasteiger partial charge on any atom is 0.122 e. The highest BCUT2D eigenvalue weighted by atomic mass is 32.2. The molecular weight excluding hydrogens is 242 g/mol. The minimum atomic E-state index is 0.695. The average Bonchev–Trinajstić information content (AvgIpc) is 2.85. The minimum absolute atomic E-state index is 0.695. The second kappa shape index (κ2) is 7.19. The van der Waals surface area contributed by atoms with Gasteiger partial charge in [-0.2, -0.15) is 11.8 Å². The first-order valence-corrected chi connectivity index (χ1v) is 8.38. The summed E-state index contributed by atoms with van der Waals surface area (Å²) in [4.78, 5) is 4.45. The summed E-state index contributed by atoms with van der Waals surface area (Å²) < 4.78 is 2.26. The fourth-order valence-corrected chi connectivity index (χ4v) is 3.43. The first-order chi connectivity index (χ1) is 8.83. The van der Waals surface area contributed by atoms with Gasteiger partial charge in [0.25, 0.3) is 0 Å². The Morgan fingerprint density at radius 2 is 2.17 bits per heavy atom. The zero-order chi connectivity index (χ0) is 12.8. The maximum absolute atomic E-state index is 4.45. The molecule has 102 valence electrons. The largest absolute Gasteiger partial charge is 0.334 e. The molecule has 0 aliphatic heterocycles. The summed E-state index contributed by atoms with van der Waals surface area (Å²) in [5.74, 6) is 1.18. The summed E-state index contributed by atoms with van der Waals surface area (Å²) in [7, 11) is 0. The molecule has 1 heterocycles. The van der Waals surface area contributed by atoms with E-state index < -0.39 is 0 Å². The molecule has 2 rings (SSSR count). The number of nitrogens with zero attached hydrogens (tertiary/aromatic N) is 2. The van der Waals surface area contributed by atoms with E-state index in [4.69, 9.17) is 0 Å². The van der Waals surface area contributed by atoms with E-state index in [0.717, 1.165) is 18.3 Å². The summed E-state index contributed by atoms with van der Waals surface area (Å²) in [6, 6.07) is 0.695. The Morgan fingerprint density at radius 1 is 1.39 bits per heavy atom. The Bertz CT molecular complexity index is 343. The number of aryl methyl sites for hydroxylation is 1. The Kier molecular flexibility index (Phi) is 5.57. The second-order valence-electron chi connectivity index (χ2n) is 5.13. The quantitative estimate of drug-likeness (QED) is 0.859. The van der Waals surface area contributed by atoms with Crippen LogP contribution in [0.3, 0.4) is 0 Å². The van der Waals surface area contributed by atoms with Crippen molar-refractivity contribution in [3.05, 3.63) is 18.2 Å². The van der Waals surface area contributed by atoms with Gasteiger partial charge in [-0.3, -0.25) is 0 Å². The second-order valence-corrected chi connectivity index (χ2v) is 6.27. The van der Waals surface area contributed by atoms with Crippen LogP contribution in [0.15, 0.2) is 12.4 Å². The van der Waals surface area contributed by atoms with Crippen LogP contribution in [0.5, 0.6) is 0 Å². The van der Waals surface area contributed by atoms with Crippen LogP contribution >= 0.6 is 11.8 Å². The fraction of sp³-hybridized carbons (Fsp3) is 0.786. The molecule has 0 aromatic carbocycles. The summed E-state index contributed by atoms with van der Waals surface area (Å²) in [5, 5.41) is 4.57. The van der Waals surface area contributed by atoms with E-state index >= 15 is 0 Å². The number of imidazole rings is 1. The van der Waals surface area contributed by atoms with Gasteiger partial charge in [-0.25, -0.2) is 4.98 Å². The van der Waals surface area contributed by atoms with Gasteiger partial charge in [0.1, 0.15) is 5.82 Å². The zero-order valence-electron chi connectivity index (χ0n) is 11.6. The molecule has 1 N–H and O–H groups in total. The molecular formula is C14H25N3S. The standard InChI is InChI=1S/C14H25N3S/c1-3-9-17-10-8-15-14(17)11-16-12-4-6-13(18-2)7-5-12/h8,10,12-13,16H,3-7,9,11H2,1-2H3. The van der Waals surface area contributed by atoms with Gasteiger partial charge in [0, 0.05) is 30.2 Å². The van der Waals surface area contributed by atoms with Crippen molar-refractivity contribution in [3.8, 4) is 0 Å². The lowest BCUT2D eigenvalue weighted by Gasteiger charge is -2.28. The van der Waals surface area contributed by atoms with Crippen LogP contribution in [0.1, 0.15) is 44.9 Å². The van der Waals surface area contributed by atoms with E-state index in [2.05, 4.69) is 34.2 Å². The summed E-state index contributed by atoms with van der Waals surface area (Å²) in [6.45, 7) is 4.21. The summed E-state index contributed by atoms with van der Waals surface area (Å²) in [6.07, 6.45) is 12.8. The third-order valence-electron chi connectivity index (χ3n) is 3.82. The topological polar surface area (TPSA) is 29.9 Å². The van der Waals surface area contributed by atoms with E-state index in [1.54, 1.807) is 0 Å². The molecule has 1 fully saturated rings. The lowest BCUT2D eigenvalue weighted by atomic mass is 9.95. The van der Waals surface area contributed by atoms with Gasteiger partial charge in [0.2, 0.25) is 0 Å². The van der Waals surface area contributed by atoms with Crippen molar-refractivity contribution in [1.82, 2.24) is 14.9 Å². The molecule has 1 aromatic rings. The molecule has 1 aromatic heterocycles. The maximum atomic E-state index is 4.45. The molecule has 3 nitrogen and oxygen atoms in total. The zero-order valence-corrected chi connectivity index (χ0v) is 12.4. The number of aromatic nitrogens is 2. The highest BCUT2D eigenvalue weighted by Gasteiger charge is 2.20. The lowest BCUT2D eigenvalue weighted by molar-refractivity contribution is 0.372. The summed E-state index contributed by atoms with van der Waals surface area (Å²) >= 11 is 2.03. The molecule has 1 aliphatic rings. The normalized spacial score (nSPS) is 24.3. The molecule has 1 saturated carbocycles. The van der Waals surface area contributed by atoms with Crippen molar-refractivity contribution in [2.75, 3.05) is 6.26 Å². The molecule has 4 heteroatoms. The average molecular weight is 267 g/mol. The molecule has 0 atom stereocenters. The van der Waals surface area contributed by atoms with Crippen molar-refractivity contribution in [2.45, 2.75) is 63.4 Å². The van der Waals surface area contributed by atoms with Gasteiger partial charge in [0.05, 0.1) is 6.54 Å². The van der Waals surface area contributed by atoms with E-state index in [0.29, 0.717) is 6.04 Å². The van der Waals surface area contributed by atoms with Crippen molar-refractivity contribution in [1.29, 1.82) is 0 Å². The highest BCUT2D eigenvalue weighted by Crippen LogP contribution is 2.26. The SMILES string of the molecule is CCCn1ccnc1CNC1CCC(SC)CC1. The van der Waals surface area contributed by atoms with Crippen LogP contribution in [0.25, 0.3) is 0 Å². The van der Waals surface area contributed by atoms with Crippen LogP contribution in [0, 0.1) is 0 Å². The molecule has 0 saturated heterocycles. The number of hydrogen-bond donors (Lipinski definition) is 1. The van der Waals surface area contributed by atoms with Gasteiger partial charge in [-0.1, -0.05) is 6.92 Å². The highest BCUT2D eigenvalue weighted by molar-refractivity contribution is 7.99. The molecule has 0 spiro atoms. The van der Waals surface area contributed by atoms with Crippen LogP contribution in [-0.4, -0.2) is 27.1 Å². The van der Waals surface area contributed by atoms with Crippen LogP contribution < -0.4 is 5.32 Å². The molecule has 1 aliphatic carbocycles. The van der Waals surface area contributed by atoms with E-state index in [9.17, 15) is 0 Å². The van der Waals surface area contributed by atoms with E-state index in [1.165, 1.54) is 37.9 Å². The number of hydrogen-bond acceptors (Lipinski definition) is 3. The van der Waals surface area contributed by atoms with Crippen LogP contribution in [-0.2, 0) is 13.1 Å². The Morgan fingerprint density at radius 3 is 2.83 bits per heavy atom. The van der Waals surface area contributed by atoms with Gasteiger partial charge in [0.15, 0.2) is 0 Å². The third kappa shape index (κ3) is 3.75. The molecule has 0 amide bonds.